The van der Waals surface area contributed by atoms with E-state index in [2.05, 4.69) is 10.2 Å². The summed E-state index contributed by atoms with van der Waals surface area (Å²) in [4.78, 5) is 20.5. The fourth-order valence-corrected chi connectivity index (χ4v) is 4.21. The normalized spacial score (nSPS) is 19.4. The van der Waals surface area contributed by atoms with Crippen LogP contribution in [0.4, 0.5) is 0 Å². The van der Waals surface area contributed by atoms with Crippen molar-refractivity contribution in [3.63, 3.8) is 0 Å². The number of rotatable bonds is 5. The summed E-state index contributed by atoms with van der Waals surface area (Å²) in [7, 11) is 1.65. The zero-order valence-corrected chi connectivity index (χ0v) is 16.6. The summed E-state index contributed by atoms with van der Waals surface area (Å²) in [5.41, 5.74) is 3.28. The van der Waals surface area contributed by atoms with Gasteiger partial charge in [-0.1, -0.05) is 18.2 Å². The van der Waals surface area contributed by atoms with Gasteiger partial charge in [0.05, 0.1) is 23.9 Å². The van der Waals surface area contributed by atoms with Gasteiger partial charge < -0.3 is 10.1 Å². The molecule has 1 aliphatic heterocycles. The Hall–Kier alpha value is -2.92. The summed E-state index contributed by atoms with van der Waals surface area (Å²) in [6.07, 6.45) is 3.64. The molecule has 1 N–H and O–H groups in total. The SMILES string of the molecule is COc1ccc(-c2cc(C(=O)NC3CCN(C4CC4)C3)c3ccccc3n2)cc1. The molecule has 0 bridgehead atoms. The fraction of sp³-hybridized carbons (Fsp3) is 0.333. The number of nitrogens with zero attached hydrogens (tertiary/aromatic N) is 2. The number of amides is 1. The van der Waals surface area contributed by atoms with Crippen molar-refractivity contribution in [1.29, 1.82) is 0 Å². The topological polar surface area (TPSA) is 54.5 Å². The number of methoxy groups -OCH3 is 1. The third-order valence-corrected chi connectivity index (χ3v) is 5.96. The molecule has 29 heavy (non-hydrogen) atoms. The first-order valence-electron chi connectivity index (χ1n) is 10.3. The number of carbonyl (C=O) groups is 1. The predicted octanol–water partition coefficient (Wildman–Crippen LogP) is 3.88. The minimum atomic E-state index is -0.0130. The fourth-order valence-electron chi connectivity index (χ4n) is 4.21. The lowest BCUT2D eigenvalue weighted by atomic mass is 10.0. The molecule has 1 atom stereocenters. The van der Waals surface area contributed by atoms with Crippen LogP contribution in [0.1, 0.15) is 29.6 Å². The van der Waals surface area contributed by atoms with Crippen molar-refractivity contribution in [3.8, 4) is 17.0 Å². The van der Waals surface area contributed by atoms with Crippen molar-refractivity contribution in [2.24, 2.45) is 0 Å². The lowest BCUT2D eigenvalue weighted by molar-refractivity contribution is 0.0939. The largest absolute Gasteiger partial charge is 0.497 e. The zero-order chi connectivity index (χ0) is 19.8. The van der Waals surface area contributed by atoms with Crippen molar-refractivity contribution in [1.82, 2.24) is 15.2 Å². The van der Waals surface area contributed by atoms with E-state index < -0.39 is 0 Å². The molecule has 2 heterocycles. The Kier molecular flexibility index (Phi) is 4.68. The van der Waals surface area contributed by atoms with Gasteiger partial charge in [-0.2, -0.15) is 0 Å². The Morgan fingerprint density at radius 2 is 1.90 bits per heavy atom. The second-order valence-corrected chi connectivity index (χ2v) is 7.99. The highest BCUT2D eigenvalue weighted by atomic mass is 16.5. The van der Waals surface area contributed by atoms with Crippen molar-refractivity contribution < 1.29 is 9.53 Å². The monoisotopic (exact) mass is 387 g/mol. The third-order valence-electron chi connectivity index (χ3n) is 5.96. The second-order valence-electron chi connectivity index (χ2n) is 7.99. The van der Waals surface area contributed by atoms with Gasteiger partial charge in [0.25, 0.3) is 5.91 Å². The Morgan fingerprint density at radius 3 is 2.66 bits per heavy atom. The molecule has 3 aromatic rings. The molecule has 2 aliphatic rings. The molecule has 1 saturated heterocycles. The number of aromatic nitrogens is 1. The van der Waals surface area contributed by atoms with Gasteiger partial charge in [-0.3, -0.25) is 9.69 Å². The zero-order valence-electron chi connectivity index (χ0n) is 16.6. The summed E-state index contributed by atoms with van der Waals surface area (Å²) in [6.45, 7) is 2.05. The van der Waals surface area contributed by atoms with Crippen LogP contribution in [0.2, 0.25) is 0 Å². The van der Waals surface area contributed by atoms with Gasteiger partial charge >= 0.3 is 0 Å². The lowest BCUT2D eigenvalue weighted by Gasteiger charge is -2.17. The maximum Gasteiger partial charge on any atom is 0.252 e. The van der Waals surface area contributed by atoms with E-state index in [-0.39, 0.29) is 11.9 Å². The summed E-state index contributed by atoms with van der Waals surface area (Å²) in [5.74, 6) is 0.787. The Morgan fingerprint density at radius 1 is 1.10 bits per heavy atom. The maximum absolute atomic E-state index is 13.2. The Labute approximate surface area is 170 Å². The number of fused-ring (bicyclic) bond motifs is 1. The van der Waals surface area contributed by atoms with Gasteiger partial charge in [0.1, 0.15) is 5.75 Å². The molecule has 1 aliphatic carbocycles. The van der Waals surface area contributed by atoms with E-state index in [4.69, 9.17) is 9.72 Å². The van der Waals surface area contributed by atoms with Crippen LogP contribution in [0.3, 0.4) is 0 Å². The first-order chi connectivity index (χ1) is 14.2. The van der Waals surface area contributed by atoms with Gasteiger partial charge in [0, 0.05) is 36.1 Å². The molecule has 1 amide bonds. The highest BCUT2D eigenvalue weighted by molar-refractivity contribution is 6.07. The van der Waals surface area contributed by atoms with Gasteiger partial charge in [-0.25, -0.2) is 4.98 Å². The van der Waals surface area contributed by atoms with E-state index in [9.17, 15) is 4.79 Å². The number of nitrogens with one attached hydrogen (secondary N) is 1. The minimum absolute atomic E-state index is 0.0130. The van der Waals surface area contributed by atoms with E-state index in [1.165, 1.54) is 12.8 Å². The van der Waals surface area contributed by atoms with Gasteiger partial charge in [-0.05, 0) is 55.7 Å². The van der Waals surface area contributed by atoms with Crippen LogP contribution in [-0.2, 0) is 0 Å². The first-order valence-corrected chi connectivity index (χ1v) is 10.3. The summed E-state index contributed by atoms with van der Waals surface area (Å²) in [5, 5.41) is 4.16. The molecule has 5 nitrogen and oxygen atoms in total. The van der Waals surface area contributed by atoms with Crippen molar-refractivity contribution in [2.75, 3.05) is 20.2 Å². The third kappa shape index (κ3) is 3.70. The number of likely N-dealkylation sites (tertiary alicyclic amines) is 1. The molecule has 2 aromatic carbocycles. The highest BCUT2D eigenvalue weighted by Gasteiger charge is 2.35. The molecule has 1 unspecified atom stereocenters. The summed E-state index contributed by atoms with van der Waals surface area (Å²) < 4.78 is 5.25. The second kappa shape index (κ2) is 7.48. The van der Waals surface area contributed by atoms with Crippen molar-refractivity contribution in [3.05, 3.63) is 60.2 Å². The molecule has 0 radical (unpaired) electrons. The molecule has 5 heteroatoms. The van der Waals surface area contributed by atoms with Crippen LogP contribution in [0.5, 0.6) is 5.75 Å². The Bertz CT molecular complexity index is 1040. The smallest absolute Gasteiger partial charge is 0.252 e. The van der Waals surface area contributed by atoms with Gasteiger partial charge in [0.2, 0.25) is 0 Å². The van der Waals surface area contributed by atoms with E-state index >= 15 is 0 Å². The number of hydrogen-bond acceptors (Lipinski definition) is 4. The predicted molar refractivity (Wildman–Crippen MR) is 114 cm³/mol. The highest BCUT2D eigenvalue weighted by Crippen LogP contribution is 2.30. The van der Waals surface area contributed by atoms with Gasteiger partial charge in [-0.15, -0.1) is 0 Å². The number of pyridine rings is 1. The van der Waals surface area contributed by atoms with E-state index in [0.717, 1.165) is 53.5 Å². The van der Waals surface area contributed by atoms with Crippen molar-refractivity contribution >= 4 is 16.8 Å². The number of hydrogen-bond donors (Lipinski definition) is 1. The van der Waals surface area contributed by atoms with E-state index in [0.29, 0.717) is 5.56 Å². The number of benzene rings is 2. The molecule has 1 aromatic heterocycles. The average molecular weight is 387 g/mol. The van der Waals surface area contributed by atoms with Crippen LogP contribution in [0.15, 0.2) is 54.6 Å². The standard InChI is InChI=1S/C24H25N3O2/c1-29-19-10-6-16(7-11-19)23-14-21(20-4-2-3-5-22(20)26-23)24(28)25-17-12-13-27(15-17)18-8-9-18/h2-7,10-11,14,17-18H,8-9,12-13,15H2,1H3,(H,25,28). The van der Waals surface area contributed by atoms with Crippen LogP contribution >= 0.6 is 0 Å². The van der Waals surface area contributed by atoms with Crippen LogP contribution in [0, 0.1) is 0 Å². The molecular weight excluding hydrogens is 362 g/mol. The van der Waals surface area contributed by atoms with Crippen LogP contribution < -0.4 is 10.1 Å². The number of ether oxygens (including phenoxy) is 1. The molecule has 2 fully saturated rings. The lowest BCUT2D eigenvalue weighted by Crippen LogP contribution is -2.37. The quantitative estimate of drug-likeness (QED) is 0.722. The average Bonchev–Trinajstić information content (AvgIpc) is 3.52. The first kappa shape index (κ1) is 18.1. The van der Waals surface area contributed by atoms with Crippen LogP contribution in [-0.4, -0.2) is 48.1 Å². The van der Waals surface area contributed by atoms with Crippen molar-refractivity contribution in [2.45, 2.75) is 31.3 Å². The molecular formula is C24H25N3O2. The van der Waals surface area contributed by atoms with Gasteiger partial charge in [0.15, 0.2) is 0 Å². The van der Waals surface area contributed by atoms with E-state index in [1.54, 1.807) is 7.11 Å². The Balaban J connectivity index is 1.45. The number of carbonyl (C=O) groups excluding carboxylic acids is 1. The summed E-state index contributed by atoms with van der Waals surface area (Å²) in [6, 6.07) is 18.5. The molecule has 148 valence electrons. The summed E-state index contributed by atoms with van der Waals surface area (Å²) >= 11 is 0. The van der Waals surface area contributed by atoms with Crippen LogP contribution in [0.25, 0.3) is 22.2 Å². The number of para-hydroxylation sites is 1. The van der Waals surface area contributed by atoms with E-state index in [1.807, 2.05) is 54.6 Å². The molecule has 5 rings (SSSR count). The maximum atomic E-state index is 13.2. The minimum Gasteiger partial charge on any atom is -0.497 e. The molecule has 0 spiro atoms. The molecule has 1 saturated carbocycles.